The topological polar surface area (TPSA) is 163 Å². The van der Waals surface area contributed by atoms with E-state index < -0.39 is 16.1 Å². The molecule has 0 saturated carbocycles. The molecule has 1 aromatic rings. The van der Waals surface area contributed by atoms with Gasteiger partial charge in [-0.15, -0.1) is 0 Å². The second-order valence-electron chi connectivity index (χ2n) is 9.08. The van der Waals surface area contributed by atoms with Crippen molar-refractivity contribution in [3.8, 4) is 0 Å². The minimum Gasteiger partial charge on any atom is -0.396 e. The number of guanidine groups is 1. The number of sulfonamides is 1. The summed E-state index contributed by atoms with van der Waals surface area (Å²) >= 11 is 0. The zero-order valence-corrected chi connectivity index (χ0v) is 20.0. The minimum atomic E-state index is -3.97. The SMILES string of the molecule is CC1CNc2c(cccc2S(=O)(=O)N[C@@H](CCCN=C(N)N)C(=O)N2CCC[C@H](CO)C2)C1. The van der Waals surface area contributed by atoms with Gasteiger partial charge >= 0.3 is 0 Å². The number of anilines is 1. The van der Waals surface area contributed by atoms with Crippen LogP contribution in [0.15, 0.2) is 28.1 Å². The highest BCUT2D eigenvalue weighted by atomic mass is 32.2. The van der Waals surface area contributed by atoms with Crippen LogP contribution in [0.25, 0.3) is 0 Å². The number of nitrogens with zero attached hydrogens (tertiary/aromatic N) is 2. The number of nitrogens with two attached hydrogens (primary N) is 2. The van der Waals surface area contributed by atoms with Gasteiger partial charge in [-0.2, -0.15) is 4.72 Å². The van der Waals surface area contributed by atoms with Crippen molar-refractivity contribution in [3.63, 3.8) is 0 Å². The van der Waals surface area contributed by atoms with E-state index in [4.69, 9.17) is 11.5 Å². The lowest BCUT2D eigenvalue weighted by atomic mass is 9.96. The summed E-state index contributed by atoms with van der Waals surface area (Å²) < 4.78 is 29.5. The molecule has 1 aromatic carbocycles. The predicted molar refractivity (Wildman–Crippen MR) is 128 cm³/mol. The number of aliphatic imine (C=N–C) groups is 1. The van der Waals surface area contributed by atoms with Gasteiger partial charge in [0.2, 0.25) is 15.9 Å². The quantitative estimate of drug-likeness (QED) is 0.192. The van der Waals surface area contributed by atoms with Crippen molar-refractivity contribution in [2.45, 2.75) is 50.0 Å². The maximum Gasteiger partial charge on any atom is 0.243 e. The van der Waals surface area contributed by atoms with Gasteiger partial charge < -0.3 is 26.8 Å². The molecule has 0 bridgehead atoms. The molecule has 1 amide bonds. The average Bonchev–Trinajstić information content (AvgIpc) is 2.79. The monoisotopic (exact) mass is 480 g/mol. The number of rotatable bonds is 9. The molecule has 0 aromatic heterocycles. The van der Waals surface area contributed by atoms with Gasteiger partial charge in [-0.05, 0) is 55.6 Å². The highest BCUT2D eigenvalue weighted by Gasteiger charge is 2.33. The molecule has 3 rings (SSSR count). The number of benzene rings is 1. The van der Waals surface area contributed by atoms with E-state index in [-0.39, 0.29) is 35.7 Å². The molecule has 0 aliphatic carbocycles. The Morgan fingerprint density at radius 2 is 2.18 bits per heavy atom. The van der Waals surface area contributed by atoms with Crippen LogP contribution >= 0.6 is 0 Å². The summed E-state index contributed by atoms with van der Waals surface area (Å²) in [4.78, 5) is 19.1. The number of carbonyl (C=O) groups is 1. The molecule has 11 heteroatoms. The number of amides is 1. The number of para-hydroxylation sites is 1. The van der Waals surface area contributed by atoms with Crippen molar-refractivity contribution in [3.05, 3.63) is 23.8 Å². The Bertz CT molecular complexity index is 964. The van der Waals surface area contributed by atoms with Crippen LogP contribution in [0.2, 0.25) is 0 Å². The number of nitrogens with one attached hydrogen (secondary N) is 2. The van der Waals surface area contributed by atoms with E-state index in [2.05, 4.69) is 22.0 Å². The standard InChI is InChI=1S/C22H36N6O4S/c1-15-11-17-6-2-8-19(20(17)26-12-15)33(31,32)27-18(7-3-9-25-22(23)24)21(30)28-10-4-5-16(13-28)14-29/h2,6,8,15-16,18,26-27,29H,3-5,7,9-14H2,1H3,(H4,23,24,25)/t15?,16-,18-/m0/s1. The highest BCUT2D eigenvalue weighted by molar-refractivity contribution is 7.89. The summed E-state index contributed by atoms with van der Waals surface area (Å²) in [5.41, 5.74) is 12.3. The molecule has 1 fully saturated rings. The fourth-order valence-electron chi connectivity index (χ4n) is 4.52. The molecule has 1 unspecified atom stereocenters. The summed E-state index contributed by atoms with van der Waals surface area (Å²) in [5.74, 6) is 0.0880. The van der Waals surface area contributed by atoms with Crippen molar-refractivity contribution in [1.29, 1.82) is 0 Å². The van der Waals surface area contributed by atoms with E-state index in [1.807, 2.05) is 6.07 Å². The van der Waals surface area contributed by atoms with Gasteiger partial charge in [-0.3, -0.25) is 9.79 Å². The highest BCUT2D eigenvalue weighted by Crippen LogP contribution is 2.31. The number of hydrogen-bond donors (Lipinski definition) is 5. The second kappa shape index (κ2) is 11.2. The van der Waals surface area contributed by atoms with Crippen molar-refractivity contribution in [2.75, 3.05) is 38.1 Å². The van der Waals surface area contributed by atoms with E-state index in [9.17, 15) is 18.3 Å². The largest absolute Gasteiger partial charge is 0.396 e. The Morgan fingerprint density at radius 3 is 2.91 bits per heavy atom. The summed E-state index contributed by atoms with van der Waals surface area (Å²) in [6.07, 6.45) is 3.12. The molecule has 33 heavy (non-hydrogen) atoms. The number of likely N-dealkylation sites (tertiary alicyclic amines) is 1. The molecule has 2 aliphatic rings. The number of piperidine rings is 1. The Morgan fingerprint density at radius 1 is 1.39 bits per heavy atom. The first-order valence-electron chi connectivity index (χ1n) is 11.5. The third kappa shape index (κ3) is 6.58. The molecular weight excluding hydrogens is 444 g/mol. The molecule has 1 saturated heterocycles. The molecule has 3 atom stereocenters. The van der Waals surface area contributed by atoms with Crippen LogP contribution in [0.1, 0.15) is 38.2 Å². The first-order valence-corrected chi connectivity index (χ1v) is 13.0. The molecule has 0 radical (unpaired) electrons. The van der Waals surface area contributed by atoms with Crippen LogP contribution in [0.3, 0.4) is 0 Å². The minimum absolute atomic E-state index is 0.00487. The number of carbonyl (C=O) groups excluding carboxylic acids is 1. The van der Waals surface area contributed by atoms with Crippen molar-refractivity contribution in [1.82, 2.24) is 9.62 Å². The third-order valence-electron chi connectivity index (χ3n) is 6.23. The smallest absolute Gasteiger partial charge is 0.243 e. The zero-order valence-electron chi connectivity index (χ0n) is 19.2. The third-order valence-corrected chi connectivity index (χ3v) is 7.74. The lowest BCUT2D eigenvalue weighted by molar-refractivity contribution is -0.135. The van der Waals surface area contributed by atoms with Crippen LogP contribution in [0.4, 0.5) is 5.69 Å². The van der Waals surface area contributed by atoms with Crippen LogP contribution in [-0.2, 0) is 21.2 Å². The van der Waals surface area contributed by atoms with Gasteiger partial charge in [-0.1, -0.05) is 19.1 Å². The van der Waals surface area contributed by atoms with Crippen molar-refractivity contribution < 1.29 is 18.3 Å². The number of aliphatic hydroxyl groups excluding tert-OH is 1. The first-order chi connectivity index (χ1) is 15.7. The van der Waals surface area contributed by atoms with E-state index in [1.54, 1.807) is 17.0 Å². The fourth-order valence-corrected chi connectivity index (χ4v) is 5.97. The lowest BCUT2D eigenvalue weighted by Gasteiger charge is -2.34. The number of aliphatic hydroxyl groups is 1. The molecule has 184 valence electrons. The van der Waals surface area contributed by atoms with Crippen molar-refractivity contribution >= 4 is 27.6 Å². The van der Waals surface area contributed by atoms with Gasteiger partial charge in [0.15, 0.2) is 5.96 Å². The van der Waals surface area contributed by atoms with Crippen LogP contribution in [0.5, 0.6) is 0 Å². The summed E-state index contributed by atoms with van der Waals surface area (Å²) in [5, 5.41) is 12.8. The first kappa shape index (κ1) is 25.3. The Hall–Kier alpha value is -2.37. The zero-order chi connectivity index (χ0) is 24.0. The van der Waals surface area contributed by atoms with Gasteiger partial charge in [0.25, 0.3) is 0 Å². The maximum atomic E-state index is 13.4. The molecule has 7 N–H and O–H groups in total. The molecular formula is C22H36N6O4S. The Labute approximate surface area is 195 Å². The second-order valence-corrected chi connectivity index (χ2v) is 10.8. The predicted octanol–water partition coefficient (Wildman–Crippen LogP) is 0.222. The number of fused-ring (bicyclic) bond motifs is 1. The summed E-state index contributed by atoms with van der Waals surface area (Å²) in [6, 6.07) is 4.28. The summed E-state index contributed by atoms with van der Waals surface area (Å²) in [7, 11) is -3.97. The van der Waals surface area contributed by atoms with Crippen molar-refractivity contribution in [2.24, 2.45) is 28.3 Å². The van der Waals surface area contributed by atoms with Gasteiger partial charge in [0.05, 0.1) is 5.69 Å². The van der Waals surface area contributed by atoms with E-state index in [0.29, 0.717) is 44.2 Å². The maximum absolute atomic E-state index is 13.4. The van der Waals surface area contributed by atoms with E-state index >= 15 is 0 Å². The van der Waals surface area contributed by atoms with Crippen LogP contribution in [0, 0.1) is 11.8 Å². The number of hydrogen-bond acceptors (Lipinski definition) is 6. The Balaban J connectivity index is 1.82. The Kier molecular flexibility index (Phi) is 8.55. The van der Waals surface area contributed by atoms with E-state index in [0.717, 1.165) is 24.8 Å². The molecule has 10 nitrogen and oxygen atoms in total. The van der Waals surface area contributed by atoms with Crippen LogP contribution in [-0.4, -0.2) is 69.1 Å². The lowest BCUT2D eigenvalue weighted by Crippen LogP contribution is -2.51. The summed E-state index contributed by atoms with van der Waals surface area (Å²) in [6.45, 7) is 4.07. The van der Waals surface area contributed by atoms with Gasteiger partial charge in [-0.25, -0.2) is 8.42 Å². The van der Waals surface area contributed by atoms with Gasteiger partial charge in [0.1, 0.15) is 10.9 Å². The average molecular weight is 481 g/mol. The normalized spacial score (nSPS) is 21.6. The van der Waals surface area contributed by atoms with E-state index in [1.165, 1.54) is 0 Å². The molecule has 2 aliphatic heterocycles. The molecule has 2 heterocycles. The fraction of sp³-hybridized carbons (Fsp3) is 0.636. The van der Waals surface area contributed by atoms with Crippen LogP contribution < -0.4 is 21.5 Å². The molecule has 0 spiro atoms. The van der Waals surface area contributed by atoms with Gasteiger partial charge in [0, 0.05) is 32.8 Å².